The van der Waals surface area contributed by atoms with Gasteiger partial charge in [-0.05, 0) is 22.9 Å². The molecule has 2 amide bonds. The molecule has 2 N–H and O–H groups in total. The summed E-state index contributed by atoms with van der Waals surface area (Å²) in [6.07, 6.45) is 1.79. The average Bonchev–Trinajstić information content (AvgIpc) is 2.67. The number of nitrogens with zero attached hydrogens (tertiary/aromatic N) is 1. The molecule has 0 atom stereocenters. The zero-order valence-electron chi connectivity index (χ0n) is 14.2. The third kappa shape index (κ3) is 4.77. The number of rotatable bonds is 6. The minimum Gasteiger partial charge on any atom is -0.326 e. The summed E-state index contributed by atoms with van der Waals surface area (Å²) in [7, 11) is 0. The van der Waals surface area contributed by atoms with Crippen molar-refractivity contribution in [3.05, 3.63) is 78.4 Å². The lowest BCUT2D eigenvalue weighted by molar-refractivity contribution is -0.124. The molecule has 0 aliphatic rings. The summed E-state index contributed by atoms with van der Waals surface area (Å²) in [5, 5.41) is 8.92. The number of nitrogens with one attached hydrogen (secondary N) is 2. The number of hydrogen-bond donors (Lipinski definition) is 2. The van der Waals surface area contributed by atoms with Crippen molar-refractivity contribution in [2.45, 2.75) is 12.8 Å². The zero-order chi connectivity index (χ0) is 18.2. The van der Waals surface area contributed by atoms with Crippen LogP contribution in [0.4, 0.5) is 5.69 Å². The first-order valence-corrected chi connectivity index (χ1v) is 8.37. The van der Waals surface area contributed by atoms with Gasteiger partial charge in [0.15, 0.2) is 0 Å². The Kier molecular flexibility index (Phi) is 5.72. The van der Waals surface area contributed by atoms with Gasteiger partial charge in [0.2, 0.25) is 11.8 Å². The Morgan fingerprint density at radius 3 is 2.35 bits per heavy atom. The molecule has 5 nitrogen and oxygen atoms in total. The molecule has 3 aromatic carbocycles. The lowest BCUT2D eigenvalue weighted by Crippen LogP contribution is -2.20. The van der Waals surface area contributed by atoms with Crippen LogP contribution in [0.3, 0.4) is 0 Å². The van der Waals surface area contributed by atoms with Crippen LogP contribution >= 0.6 is 0 Å². The first-order chi connectivity index (χ1) is 12.7. The predicted molar refractivity (Wildman–Crippen MR) is 104 cm³/mol. The maximum absolute atomic E-state index is 11.8. The Morgan fingerprint density at radius 1 is 0.808 bits per heavy atom. The van der Waals surface area contributed by atoms with Gasteiger partial charge in [0.25, 0.3) is 0 Å². The van der Waals surface area contributed by atoms with Gasteiger partial charge < -0.3 is 5.32 Å². The second kappa shape index (κ2) is 8.58. The van der Waals surface area contributed by atoms with Crippen LogP contribution in [0.15, 0.2) is 77.9 Å². The van der Waals surface area contributed by atoms with Crippen molar-refractivity contribution in [2.24, 2.45) is 5.10 Å². The van der Waals surface area contributed by atoms with Gasteiger partial charge in [0, 0.05) is 24.1 Å². The van der Waals surface area contributed by atoms with Gasteiger partial charge in [-0.2, -0.15) is 5.10 Å². The molecule has 0 radical (unpaired) electrons. The maximum Gasteiger partial charge on any atom is 0.240 e. The Balaban J connectivity index is 1.49. The van der Waals surface area contributed by atoms with E-state index in [-0.39, 0.29) is 24.7 Å². The number of amides is 2. The van der Waals surface area contributed by atoms with Crippen LogP contribution in [0.2, 0.25) is 0 Å². The van der Waals surface area contributed by atoms with Crippen LogP contribution in [-0.4, -0.2) is 18.0 Å². The monoisotopic (exact) mass is 345 g/mol. The Morgan fingerprint density at radius 2 is 1.50 bits per heavy atom. The molecular formula is C21H19N3O2. The van der Waals surface area contributed by atoms with Gasteiger partial charge in [0.1, 0.15) is 0 Å². The number of para-hydroxylation sites is 1. The molecule has 0 aliphatic carbocycles. The molecule has 5 heteroatoms. The normalized spacial score (nSPS) is 10.8. The summed E-state index contributed by atoms with van der Waals surface area (Å²) >= 11 is 0. The minimum absolute atomic E-state index is 0.0749. The van der Waals surface area contributed by atoms with Crippen molar-refractivity contribution in [1.29, 1.82) is 0 Å². The van der Waals surface area contributed by atoms with E-state index in [0.717, 1.165) is 16.3 Å². The summed E-state index contributed by atoms with van der Waals surface area (Å²) in [6.45, 7) is 0. The molecule has 0 unspecified atom stereocenters. The lowest BCUT2D eigenvalue weighted by atomic mass is 10.1. The molecule has 0 saturated heterocycles. The van der Waals surface area contributed by atoms with Crippen LogP contribution in [0, 0.1) is 0 Å². The molecule has 3 rings (SSSR count). The van der Waals surface area contributed by atoms with Crippen molar-refractivity contribution in [1.82, 2.24) is 5.43 Å². The molecular weight excluding hydrogens is 326 g/mol. The van der Waals surface area contributed by atoms with Crippen molar-refractivity contribution >= 4 is 34.5 Å². The minimum atomic E-state index is -0.301. The van der Waals surface area contributed by atoms with E-state index in [0.29, 0.717) is 5.69 Å². The van der Waals surface area contributed by atoms with E-state index in [4.69, 9.17) is 0 Å². The average molecular weight is 345 g/mol. The Bertz CT molecular complexity index is 931. The van der Waals surface area contributed by atoms with Gasteiger partial charge >= 0.3 is 0 Å². The van der Waals surface area contributed by atoms with Crippen LogP contribution in [0.5, 0.6) is 0 Å². The van der Waals surface area contributed by atoms with Crippen LogP contribution in [-0.2, 0) is 9.59 Å². The third-order valence-electron chi connectivity index (χ3n) is 3.85. The first-order valence-electron chi connectivity index (χ1n) is 8.37. The highest BCUT2D eigenvalue weighted by Gasteiger charge is 2.06. The molecule has 0 bridgehead atoms. The van der Waals surface area contributed by atoms with E-state index in [1.165, 1.54) is 0 Å². The summed E-state index contributed by atoms with van der Waals surface area (Å²) in [5.41, 5.74) is 4.10. The summed E-state index contributed by atoms with van der Waals surface area (Å²) in [6, 6.07) is 23.0. The Hall–Kier alpha value is -3.47. The standard InChI is InChI=1S/C21H19N3O2/c25-20(23-18-10-2-1-3-11-18)13-14-21(26)24-22-15-17-9-6-8-16-7-4-5-12-19(16)17/h1-12,15H,13-14H2,(H,23,25)(H,24,26)/b22-15-. The number of fused-ring (bicyclic) bond motifs is 1. The second-order valence-electron chi connectivity index (χ2n) is 5.78. The fourth-order valence-electron chi connectivity index (χ4n) is 2.56. The SMILES string of the molecule is O=C(CCC(=O)Nc1ccccc1)N/N=C\c1cccc2ccccc12. The number of carbonyl (C=O) groups excluding carboxylic acids is 2. The highest BCUT2D eigenvalue weighted by molar-refractivity contribution is 6.00. The first kappa shape index (κ1) is 17.4. The second-order valence-corrected chi connectivity index (χ2v) is 5.78. The molecule has 0 aromatic heterocycles. The van der Waals surface area contributed by atoms with Crippen LogP contribution in [0.25, 0.3) is 10.8 Å². The van der Waals surface area contributed by atoms with Crippen molar-refractivity contribution in [3.63, 3.8) is 0 Å². The summed E-state index contributed by atoms with van der Waals surface area (Å²) < 4.78 is 0. The fraction of sp³-hybridized carbons (Fsp3) is 0.0952. The summed E-state index contributed by atoms with van der Waals surface area (Å²) in [4.78, 5) is 23.7. The van der Waals surface area contributed by atoms with E-state index >= 15 is 0 Å². The van der Waals surface area contributed by atoms with Crippen molar-refractivity contribution < 1.29 is 9.59 Å². The topological polar surface area (TPSA) is 70.6 Å². The molecule has 0 spiro atoms. The molecule has 130 valence electrons. The van der Waals surface area contributed by atoms with E-state index in [1.807, 2.05) is 60.7 Å². The number of carbonyl (C=O) groups is 2. The van der Waals surface area contributed by atoms with Crippen molar-refractivity contribution in [3.8, 4) is 0 Å². The fourth-order valence-corrected chi connectivity index (χ4v) is 2.56. The quantitative estimate of drug-likeness (QED) is 0.528. The molecule has 0 fully saturated rings. The smallest absolute Gasteiger partial charge is 0.240 e. The van der Waals surface area contributed by atoms with Gasteiger partial charge in [-0.3, -0.25) is 9.59 Å². The van der Waals surface area contributed by atoms with Crippen LogP contribution < -0.4 is 10.7 Å². The van der Waals surface area contributed by atoms with E-state index in [9.17, 15) is 9.59 Å². The number of anilines is 1. The number of hydrazone groups is 1. The molecule has 0 heterocycles. The van der Waals surface area contributed by atoms with Crippen LogP contribution in [0.1, 0.15) is 18.4 Å². The number of benzene rings is 3. The van der Waals surface area contributed by atoms with Gasteiger partial charge in [-0.1, -0.05) is 60.7 Å². The molecule has 0 saturated carbocycles. The highest BCUT2D eigenvalue weighted by atomic mass is 16.2. The molecule has 26 heavy (non-hydrogen) atoms. The molecule has 0 aliphatic heterocycles. The highest BCUT2D eigenvalue weighted by Crippen LogP contribution is 2.16. The van der Waals surface area contributed by atoms with Gasteiger partial charge in [-0.15, -0.1) is 0 Å². The largest absolute Gasteiger partial charge is 0.326 e. The summed E-state index contributed by atoms with van der Waals surface area (Å²) in [5.74, 6) is -0.505. The van der Waals surface area contributed by atoms with E-state index < -0.39 is 0 Å². The van der Waals surface area contributed by atoms with Gasteiger partial charge in [-0.25, -0.2) is 5.43 Å². The zero-order valence-corrected chi connectivity index (χ0v) is 14.2. The number of hydrogen-bond acceptors (Lipinski definition) is 3. The predicted octanol–water partition coefficient (Wildman–Crippen LogP) is 3.71. The van der Waals surface area contributed by atoms with E-state index in [1.54, 1.807) is 18.3 Å². The molecule has 3 aromatic rings. The maximum atomic E-state index is 11.8. The lowest BCUT2D eigenvalue weighted by Gasteiger charge is -2.04. The van der Waals surface area contributed by atoms with Crippen molar-refractivity contribution in [2.75, 3.05) is 5.32 Å². The van der Waals surface area contributed by atoms with Gasteiger partial charge in [0.05, 0.1) is 6.21 Å². The third-order valence-corrected chi connectivity index (χ3v) is 3.85. The Labute approximate surface area is 151 Å². The van der Waals surface area contributed by atoms with E-state index in [2.05, 4.69) is 15.8 Å².